The highest BCUT2D eigenvalue weighted by molar-refractivity contribution is 7.17. The zero-order chi connectivity index (χ0) is 23.4. The van der Waals surface area contributed by atoms with Gasteiger partial charge in [0, 0.05) is 50.4 Å². The first kappa shape index (κ1) is 24.1. The molecule has 0 unspecified atom stereocenters. The van der Waals surface area contributed by atoms with Crippen LogP contribution in [-0.2, 0) is 11.3 Å². The number of hydrogen-bond acceptors (Lipinski definition) is 8. The quantitative estimate of drug-likeness (QED) is 0.619. The fraction of sp³-hybridized carbons (Fsp3) is 0.600. The first-order valence-electron chi connectivity index (χ1n) is 12.0. The number of piperazine rings is 1. The SMILES string of the molecule is CCOC(=O)c1sc(-c2ccc(O)c(CN3CCN(CC4CCN(C)CC4)CC3)c2)nc1C. The van der Waals surface area contributed by atoms with Crippen molar-refractivity contribution in [2.45, 2.75) is 33.2 Å². The molecule has 7 nitrogen and oxygen atoms in total. The number of hydrogen-bond donors (Lipinski definition) is 1. The van der Waals surface area contributed by atoms with Crippen LogP contribution < -0.4 is 0 Å². The van der Waals surface area contributed by atoms with Crippen LogP contribution in [-0.4, -0.2) is 90.2 Å². The van der Waals surface area contributed by atoms with E-state index in [1.54, 1.807) is 13.0 Å². The number of aromatic nitrogens is 1. The Bertz CT molecular complexity index is 947. The number of aromatic hydroxyl groups is 1. The molecule has 0 atom stereocenters. The molecule has 0 aliphatic carbocycles. The van der Waals surface area contributed by atoms with E-state index in [0.29, 0.717) is 22.9 Å². The summed E-state index contributed by atoms with van der Waals surface area (Å²) in [6.45, 7) is 12.6. The van der Waals surface area contributed by atoms with Gasteiger partial charge in [-0.3, -0.25) is 4.90 Å². The molecular formula is C25H36N4O3S. The summed E-state index contributed by atoms with van der Waals surface area (Å²) in [5, 5.41) is 11.3. The summed E-state index contributed by atoms with van der Waals surface area (Å²) in [5.41, 5.74) is 2.51. The lowest BCUT2D eigenvalue weighted by molar-refractivity contribution is 0.0531. The monoisotopic (exact) mass is 472 g/mol. The van der Waals surface area contributed by atoms with Crippen molar-refractivity contribution >= 4 is 17.3 Å². The third-order valence-corrected chi connectivity index (χ3v) is 7.98. The normalized spacial score (nSPS) is 19.1. The fourth-order valence-electron chi connectivity index (χ4n) is 4.73. The molecular weight excluding hydrogens is 436 g/mol. The minimum Gasteiger partial charge on any atom is -0.508 e. The number of aryl methyl sites for hydroxylation is 1. The standard InChI is InChI=1S/C25H36N4O3S/c1-4-32-25(31)23-18(2)26-24(33-23)20-5-6-22(30)21(15-20)17-29-13-11-28(12-14-29)16-19-7-9-27(3)10-8-19/h5-6,15,19,30H,4,7-14,16-17H2,1-3H3. The summed E-state index contributed by atoms with van der Waals surface area (Å²) in [5.74, 6) is 0.817. The van der Waals surface area contributed by atoms with Gasteiger partial charge >= 0.3 is 5.97 Å². The van der Waals surface area contributed by atoms with E-state index in [-0.39, 0.29) is 5.97 Å². The average molecular weight is 473 g/mol. The highest BCUT2D eigenvalue weighted by Gasteiger charge is 2.24. The second kappa shape index (κ2) is 11.0. The molecule has 180 valence electrons. The molecule has 2 fully saturated rings. The second-order valence-electron chi connectivity index (χ2n) is 9.32. The third-order valence-electron chi connectivity index (χ3n) is 6.80. The van der Waals surface area contributed by atoms with E-state index in [1.165, 1.54) is 43.8 Å². The first-order chi connectivity index (χ1) is 15.9. The minimum atomic E-state index is -0.323. The van der Waals surface area contributed by atoms with Gasteiger partial charge < -0.3 is 19.6 Å². The largest absolute Gasteiger partial charge is 0.508 e. The van der Waals surface area contributed by atoms with E-state index >= 15 is 0 Å². The lowest BCUT2D eigenvalue weighted by atomic mass is 9.96. The molecule has 0 radical (unpaired) electrons. The smallest absolute Gasteiger partial charge is 0.350 e. The second-order valence-corrected chi connectivity index (χ2v) is 10.3. The third kappa shape index (κ3) is 6.12. The van der Waals surface area contributed by atoms with Crippen LogP contribution in [0.1, 0.15) is 40.7 Å². The number of benzene rings is 1. The lowest BCUT2D eigenvalue weighted by Gasteiger charge is -2.38. The van der Waals surface area contributed by atoms with E-state index in [4.69, 9.17) is 4.74 Å². The van der Waals surface area contributed by atoms with Crippen molar-refractivity contribution < 1.29 is 14.6 Å². The van der Waals surface area contributed by atoms with Crippen molar-refractivity contribution in [1.29, 1.82) is 0 Å². The molecule has 0 amide bonds. The molecule has 1 aromatic carbocycles. The van der Waals surface area contributed by atoms with Gasteiger partial charge in [-0.2, -0.15) is 0 Å². The van der Waals surface area contributed by atoms with Crippen molar-refractivity contribution in [2.75, 3.05) is 59.5 Å². The molecule has 2 saturated heterocycles. The van der Waals surface area contributed by atoms with E-state index in [1.807, 2.05) is 19.1 Å². The molecule has 0 bridgehead atoms. The zero-order valence-electron chi connectivity index (χ0n) is 20.0. The maximum atomic E-state index is 12.2. The van der Waals surface area contributed by atoms with Crippen LogP contribution in [0.2, 0.25) is 0 Å². The number of carbonyl (C=O) groups is 1. The van der Waals surface area contributed by atoms with Crippen LogP contribution in [0.5, 0.6) is 5.75 Å². The van der Waals surface area contributed by atoms with Crippen LogP contribution in [0.15, 0.2) is 18.2 Å². The number of ether oxygens (including phenoxy) is 1. The van der Waals surface area contributed by atoms with E-state index in [2.05, 4.69) is 26.7 Å². The summed E-state index contributed by atoms with van der Waals surface area (Å²) < 4.78 is 5.14. The van der Waals surface area contributed by atoms with E-state index < -0.39 is 0 Å². The van der Waals surface area contributed by atoms with Crippen molar-refractivity contribution in [3.05, 3.63) is 34.3 Å². The van der Waals surface area contributed by atoms with Crippen molar-refractivity contribution in [2.24, 2.45) is 5.92 Å². The van der Waals surface area contributed by atoms with Gasteiger partial charge in [0.15, 0.2) is 0 Å². The van der Waals surface area contributed by atoms with Crippen molar-refractivity contribution in [1.82, 2.24) is 19.7 Å². The van der Waals surface area contributed by atoms with Crippen LogP contribution in [0.4, 0.5) is 0 Å². The first-order valence-corrected chi connectivity index (χ1v) is 12.8. The maximum absolute atomic E-state index is 12.2. The fourth-order valence-corrected chi connectivity index (χ4v) is 5.69. The molecule has 8 heteroatoms. The van der Waals surface area contributed by atoms with Crippen LogP contribution in [0.25, 0.3) is 10.6 Å². The van der Waals surface area contributed by atoms with Gasteiger partial charge in [-0.15, -0.1) is 11.3 Å². The molecule has 33 heavy (non-hydrogen) atoms. The van der Waals surface area contributed by atoms with E-state index in [9.17, 15) is 9.90 Å². The summed E-state index contributed by atoms with van der Waals surface area (Å²) >= 11 is 1.35. The summed E-state index contributed by atoms with van der Waals surface area (Å²) in [4.78, 5) is 24.7. The molecule has 1 aromatic heterocycles. The van der Waals surface area contributed by atoms with Gasteiger partial charge in [0.1, 0.15) is 15.6 Å². The van der Waals surface area contributed by atoms with Gasteiger partial charge in [0.2, 0.25) is 0 Å². The van der Waals surface area contributed by atoms with Gasteiger partial charge in [-0.05, 0) is 70.9 Å². The molecule has 0 spiro atoms. The molecule has 2 aliphatic heterocycles. The molecule has 0 saturated carbocycles. The van der Waals surface area contributed by atoms with Gasteiger partial charge in [-0.25, -0.2) is 9.78 Å². The van der Waals surface area contributed by atoms with Crippen LogP contribution >= 0.6 is 11.3 Å². The predicted molar refractivity (Wildman–Crippen MR) is 132 cm³/mol. The highest BCUT2D eigenvalue weighted by atomic mass is 32.1. The molecule has 4 rings (SSSR count). The molecule has 2 aromatic rings. The number of phenolic OH excluding ortho intramolecular Hbond substituents is 1. The Balaban J connectivity index is 1.35. The Morgan fingerprint density at radius 2 is 1.85 bits per heavy atom. The zero-order valence-corrected chi connectivity index (χ0v) is 20.9. The number of esters is 1. The number of carbonyl (C=O) groups excluding carboxylic acids is 1. The number of piperidine rings is 1. The predicted octanol–water partition coefficient (Wildman–Crippen LogP) is 3.46. The van der Waals surface area contributed by atoms with Gasteiger partial charge in [-0.1, -0.05) is 0 Å². The van der Waals surface area contributed by atoms with Crippen molar-refractivity contribution in [3.8, 4) is 16.3 Å². The number of phenols is 1. The molecule has 2 aliphatic rings. The Morgan fingerprint density at radius 3 is 2.55 bits per heavy atom. The summed E-state index contributed by atoms with van der Waals surface area (Å²) in [6, 6.07) is 5.61. The Labute approximate surface area is 201 Å². The topological polar surface area (TPSA) is 69.1 Å². The Hall–Kier alpha value is -2.00. The number of rotatable bonds is 7. The Morgan fingerprint density at radius 1 is 1.15 bits per heavy atom. The summed E-state index contributed by atoms with van der Waals surface area (Å²) in [7, 11) is 2.22. The Kier molecular flexibility index (Phi) is 8.01. The lowest BCUT2D eigenvalue weighted by Crippen LogP contribution is -2.48. The average Bonchev–Trinajstić information content (AvgIpc) is 3.20. The van der Waals surface area contributed by atoms with Gasteiger partial charge in [0.05, 0.1) is 12.3 Å². The van der Waals surface area contributed by atoms with Crippen LogP contribution in [0.3, 0.4) is 0 Å². The highest BCUT2D eigenvalue weighted by Crippen LogP contribution is 2.32. The maximum Gasteiger partial charge on any atom is 0.350 e. The minimum absolute atomic E-state index is 0.311. The molecule has 1 N–H and O–H groups in total. The van der Waals surface area contributed by atoms with Crippen molar-refractivity contribution in [3.63, 3.8) is 0 Å². The number of thiazole rings is 1. The van der Waals surface area contributed by atoms with Gasteiger partial charge in [0.25, 0.3) is 0 Å². The molecule has 3 heterocycles. The number of likely N-dealkylation sites (tertiary alicyclic amines) is 1. The number of nitrogens with zero attached hydrogens (tertiary/aromatic N) is 4. The van der Waals surface area contributed by atoms with Crippen LogP contribution in [0, 0.1) is 12.8 Å². The summed E-state index contributed by atoms with van der Waals surface area (Å²) in [6.07, 6.45) is 2.62. The van der Waals surface area contributed by atoms with E-state index in [0.717, 1.165) is 54.8 Å².